The van der Waals surface area contributed by atoms with E-state index in [2.05, 4.69) is 10.4 Å². The van der Waals surface area contributed by atoms with E-state index in [1.807, 2.05) is 44.2 Å². The van der Waals surface area contributed by atoms with Gasteiger partial charge in [0, 0.05) is 13.2 Å². The smallest absolute Gasteiger partial charge is 0.275 e. The van der Waals surface area contributed by atoms with Gasteiger partial charge < -0.3 is 15.2 Å². The summed E-state index contributed by atoms with van der Waals surface area (Å²) in [5, 5.41) is 15.9. The standard InChI is InChI=1S/C17H23N3O3/c1-13(2)12-23-15-11-20(14-7-4-3-5-8-14)19-16(15)17(22)18-9-6-10-21/h3-5,7-8,11,13,21H,6,9-10,12H2,1-2H3,(H,18,22). The third kappa shape index (κ3) is 4.82. The van der Waals surface area contributed by atoms with Crippen molar-refractivity contribution in [3.63, 3.8) is 0 Å². The molecule has 0 aliphatic carbocycles. The van der Waals surface area contributed by atoms with Crippen LogP contribution in [0.3, 0.4) is 0 Å². The maximum Gasteiger partial charge on any atom is 0.275 e. The lowest BCUT2D eigenvalue weighted by atomic mass is 10.2. The fourth-order valence-corrected chi connectivity index (χ4v) is 1.96. The van der Waals surface area contributed by atoms with Gasteiger partial charge in [0.05, 0.1) is 18.5 Å². The van der Waals surface area contributed by atoms with Crippen LogP contribution < -0.4 is 10.1 Å². The van der Waals surface area contributed by atoms with Crippen molar-refractivity contribution < 1.29 is 14.6 Å². The van der Waals surface area contributed by atoms with Crippen LogP contribution in [0, 0.1) is 5.92 Å². The van der Waals surface area contributed by atoms with Crippen LogP contribution in [0.25, 0.3) is 5.69 Å². The minimum absolute atomic E-state index is 0.0371. The first-order valence-corrected chi connectivity index (χ1v) is 7.78. The predicted molar refractivity (Wildman–Crippen MR) is 87.9 cm³/mol. The highest BCUT2D eigenvalue weighted by molar-refractivity contribution is 5.94. The van der Waals surface area contributed by atoms with Gasteiger partial charge in [-0.1, -0.05) is 32.0 Å². The SMILES string of the molecule is CC(C)COc1cn(-c2ccccc2)nc1C(=O)NCCCO. The van der Waals surface area contributed by atoms with Crippen LogP contribution in [-0.4, -0.2) is 40.6 Å². The Morgan fingerprint density at radius 3 is 2.74 bits per heavy atom. The number of carbonyl (C=O) groups is 1. The lowest BCUT2D eigenvalue weighted by molar-refractivity contribution is 0.0941. The van der Waals surface area contributed by atoms with E-state index >= 15 is 0 Å². The molecule has 0 saturated carbocycles. The number of aromatic nitrogens is 2. The van der Waals surface area contributed by atoms with Crippen LogP contribution in [0.1, 0.15) is 30.8 Å². The fraction of sp³-hybridized carbons (Fsp3) is 0.412. The molecule has 2 N–H and O–H groups in total. The Hall–Kier alpha value is -2.34. The molecule has 0 radical (unpaired) electrons. The number of nitrogens with one attached hydrogen (secondary N) is 1. The van der Waals surface area contributed by atoms with E-state index in [4.69, 9.17) is 9.84 Å². The van der Waals surface area contributed by atoms with Gasteiger partial charge in [-0.2, -0.15) is 5.10 Å². The van der Waals surface area contributed by atoms with Crippen molar-refractivity contribution in [3.05, 3.63) is 42.2 Å². The van der Waals surface area contributed by atoms with E-state index in [0.29, 0.717) is 31.2 Å². The predicted octanol–water partition coefficient (Wildman–Crippen LogP) is 2.02. The fourth-order valence-electron chi connectivity index (χ4n) is 1.96. The molecule has 2 aromatic rings. The normalized spacial score (nSPS) is 10.8. The van der Waals surface area contributed by atoms with E-state index in [9.17, 15) is 4.79 Å². The molecular formula is C17H23N3O3. The van der Waals surface area contributed by atoms with Crippen LogP contribution in [0.4, 0.5) is 0 Å². The zero-order chi connectivity index (χ0) is 16.7. The first kappa shape index (κ1) is 17.0. The number of nitrogens with zero attached hydrogens (tertiary/aromatic N) is 2. The first-order valence-electron chi connectivity index (χ1n) is 7.78. The Morgan fingerprint density at radius 1 is 1.35 bits per heavy atom. The molecule has 1 amide bonds. The second-order valence-electron chi connectivity index (χ2n) is 5.66. The van der Waals surface area contributed by atoms with Gasteiger partial charge in [0.2, 0.25) is 0 Å². The summed E-state index contributed by atoms with van der Waals surface area (Å²) in [5.41, 5.74) is 1.11. The number of amides is 1. The quantitative estimate of drug-likeness (QED) is 0.730. The van der Waals surface area contributed by atoms with Crippen molar-refractivity contribution in [2.45, 2.75) is 20.3 Å². The van der Waals surface area contributed by atoms with Crippen molar-refractivity contribution >= 4 is 5.91 Å². The molecule has 0 saturated heterocycles. The monoisotopic (exact) mass is 317 g/mol. The van der Waals surface area contributed by atoms with E-state index in [1.54, 1.807) is 10.9 Å². The molecule has 1 aromatic carbocycles. The van der Waals surface area contributed by atoms with E-state index < -0.39 is 0 Å². The largest absolute Gasteiger partial charge is 0.489 e. The number of aliphatic hydroxyl groups excluding tert-OH is 1. The Bertz CT molecular complexity index is 623. The van der Waals surface area contributed by atoms with E-state index in [-0.39, 0.29) is 18.2 Å². The molecule has 1 aromatic heterocycles. The average molecular weight is 317 g/mol. The van der Waals surface area contributed by atoms with Crippen LogP contribution in [0.2, 0.25) is 0 Å². The summed E-state index contributed by atoms with van der Waals surface area (Å²) in [5.74, 6) is 0.510. The van der Waals surface area contributed by atoms with Crippen molar-refractivity contribution in [2.75, 3.05) is 19.8 Å². The molecule has 2 rings (SSSR count). The van der Waals surface area contributed by atoms with Gasteiger partial charge in [-0.15, -0.1) is 0 Å². The van der Waals surface area contributed by atoms with E-state index in [1.165, 1.54) is 0 Å². The van der Waals surface area contributed by atoms with Gasteiger partial charge in [0.15, 0.2) is 11.4 Å². The average Bonchev–Trinajstić information content (AvgIpc) is 2.98. The highest BCUT2D eigenvalue weighted by Crippen LogP contribution is 2.20. The summed E-state index contributed by atoms with van der Waals surface area (Å²) < 4.78 is 7.37. The molecule has 0 aliphatic rings. The maximum atomic E-state index is 12.3. The summed E-state index contributed by atoms with van der Waals surface area (Å²) in [7, 11) is 0. The zero-order valence-electron chi connectivity index (χ0n) is 13.5. The van der Waals surface area contributed by atoms with Gasteiger partial charge >= 0.3 is 0 Å². The molecule has 0 spiro atoms. The Kier molecular flexibility index (Phi) is 6.17. The second kappa shape index (κ2) is 8.33. The molecule has 0 aliphatic heterocycles. The van der Waals surface area contributed by atoms with Gasteiger partial charge in [0.1, 0.15) is 0 Å². The summed E-state index contributed by atoms with van der Waals surface area (Å²) in [4.78, 5) is 12.3. The molecular weight excluding hydrogens is 294 g/mol. The number of aliphatic hydroxyl groups is 1. The Balaban J connectivity index is 2.23. The number of para-hydroxylation sites is 1. The topological polar surface area (TPSA) is 76.4 Å². The zero-order valence-corrected chi connectivity index (χ0v) is 13.5. The van der Waals surface area contributed by atoms with Gasteiger partial charge in [-0.05, 0) is 24.5 Å². The van der Waals surface area contributed by atoms with Gasteiger partial charge in [-0.25, -0.2) is 4.68 Å². The number of rotatable bonds is 8. The van der Waals surface area contributed by atoms with Crippen LogP contribution in [-0.2, 0) is 0 Å². The molecule has 0 bridgehead atoms. The number of ether oxygens (including phenoxy) is 1. The Morgan fingerprint density at radius 2 is 2.09 bits per heavy atom. The van der Waals surface area contributed by atoms with Gasteiger partial charge in [0.25, 0.3) is 5.91 Å². The van der Waals surface area contributed by atoms with Crippen molar-refractivity contribution in [1.82, 2.24) is 15.1 Å². The number of hydrogen-bond acceptors (Lipinski definition) is 4. The highest BCUT2D eigenvalue weighted by Gasteiger charge is 2.19. The summed E-state index contributed by atoms with van der Waals surface area (Å²) in [6.07, 6.45) is 2.23. The lowest BCUT2D eigenvalue weighted by Crippen LogP contribution is -2.26. The third-order valence-electron chi connectivity index (χ3n) is 3.11. The number of hydrogen-bond donors (Lipinski definition) is 2. The minimum atomic E-state index is -0.299. The van der Waals surface area contributed by atoms with Crippen LogP contribution in [0.5, 0.6) is 5.75 Å². The molecule has 23 heavy (non-hydrogen) atoms. The molecule has 0 fully saturated rings. The third-order valence-corrected chi connectivity index (χ3v) is 3.11. The summed E-state index contributed by atoms with van der Waals surface area (Å²) in [6.45, 7) is 5.04. The molecule has 1 heterocycles. The molecule has 6 nitrogen and oxygen atoms in total. The number of carbonyl (C=O) groups excluding carboxylic acids is 1. The molecule has 124 valence electrons. The molecule has 6 heteroatoms. The van der Waals surface area contributed by atoms with Crippen molar-refractivity contribution in [1.29, 1.82) is 0 Å². The second-order valence-corrected chi connectivity index (χ2v) is 5.66. The molecule has 0 atom stereocenters. The van der Waals surface area contributed by atoms with Gasteiger partial charge in [-0.3, -0.25) is 4.79 Å². The lowest BCUT2D eigenvalue weighted by Gasteiger charge is -2.08. The highest BCUT2D eigenvalue weighted by atomic mass is 16.5. The van der Waals surface area contributed by atoms with Crippen molar-refractivity contribution in [2.24, 2.45) is 5.92 Å². The minimum Gasteiger partial charge on any atom is -0.489 e. The molecule has 0 unspecified atom stereocenters. The number of benzene rings is 1. The van der Waals surface area contributed by atoms with Crippen LogP contribution in [0.15, 0.2) is 36.5 Å². The Labute approximate surface area is 136 Å². The van der Waals surface area contributed by atoms with E-state index in [0.717, 1.165) is 5.69 Å². The first-order chi connectivity index (χ1) is 11.1. The summed E-state index contributed by atoms with van der Waals surface area (Å²) >= 11 is 0. The van der Waals surface area contributed by atoms with Crippen molar-refractivity contribution in [3.8, 4) is 11.4 Å². The summed E-state index contributed by atoms with van der Waals surface area (Å²) in [6, 6.07) is 9.56. The maximum absolute atomic E-state index is 12.3. The van der Waals surface area contributed by atoms with Crippen LogP contribution >= 0.6 is 0 Å².